The van der Waals surface area contributed by atoms with Crippen LogP contribution < -0.4 is 0 Å². The van der Waals surface area contributed by atoms with Crippen molar-refractivity contribution in [1.82, 2.24) is 0 Å². The van der Waals surface area contributed by atoms with Gasteiger partial charge in [-0.05, 0) is 97.9 Å². The fourth-order valence-corrected chi connectivity index (χ4v) is 8.44. The van der Waals surface area contributed by atoms with Crippen molar-refractivity contribution in [3.8, 4) is 0 Å². The van der Waals surface area contributed by atoms with E-state index in [1.54, 1.807) is 0 Å². The van der Waals surface area contributed by atoms with Crippen LogP contribution in [-0.2, 0) is 4.79 Å². The molecule has 2 unspecified atom stereocenters. The van der Waals surface area contributed by atoms with Gasteiger partial charge in [0.05, 0.1) is 6.10 Å². The minimum Gasteiger partial charge on any atom is -0.396 e. The lowest BCUT2D eigenvalue weighted by atomic mass is 9.46. The second-order valence-electron chi connectivity index (χ2n) is 12.0. The molecule has 4 rings (SSSR count). The van der Waals surface area contributed by atoms with Gasteiger partial charge in [0.25, 0.3) is 0 Å². The number of fused-ring (bicyclic) bond motifs is 5. The van der Waals surface area contributed by atoms with E-state index in [0.717, 1.165) is 25.2 Å². The summed E-state index contributed by atoms with van der Waals surface area (Å²) in [6.45, 7) is 9.79. The predicted octanol–water partition coefficient (Wildman–Crippen LogP) is 5.54. The molecule has 4 aliphatic carbocycles. The van der Waals surface area contributed by atoms with Crippen LogP contribution in [0.4, 0.5) is 0 Å². The Hall–Kier alpha value is -0.670. The summed E-state index contributed by atoms with van der Waals surface area (Å²) >= 11 is 0. The zero-order valence-corrected chi connectivity index (χ0v) is 19.7. The van der Waals surface area contributed by atoms with Crippen LogP contribution in [0.5, 0.6) is 0 Å². The largest absolute Gasteiger partial charge is 0.396 e. The first-order valence-electron chi connectivity index (χ1n) is 12.7. The molecule has 0 aromatic carbocycles. The normalized spacial score (nSPS) is 45.2. The Labute approximate surface area is 183 Å². The molecule has 0 amide bonds. The van der Waals surface area contributed by atoms with Crippen LogP contribution in [0, 0.1) is 46.3 Å². The monoisotopic (exact) mass is 416 g/mol. The lowest BCUT2D eigenvalue weighted by Gasteiger charge is -2.57. The number of ketones is 1. The molecule has 0 saturated heterocycles. The van der Waals surface area contributed by atoms with Crippen molar-refractivity contribution in [2.24, 2.45) is 46.3 Å². The lowest BCUT2D eigenvalue weighted by Crippen LogP contribution is -2.53. The Bertz CT molecular complexity index is 684. The Kier molecular flexibility index (Phi) is 6.27. The summed E-state index contributed by atoms with van der Waals surface area (Å²) in [5, 5.41) is 19.5. The van der Waals surface area contributed by atoms with Gasteiger partial charge in [-0.3, -0.25) is 4.79 Å². The fourth-order valence-electron chi connectivity index (χ4n) is 8.44. The van der Waals surface area contributed by atoms with Crippen molar-refractivity contribution in [2.75, 3.05) is 6.61 Å². The average molecular weight is 417 g/mol. The molecule has 3 heteroatoms. The zero-order chi connectivity index (χ0) is 21.7. The molecule has 0 aliphatic heterocycles. The Morgan fingerprint density at radius 1 is 1.07 bits per heavy atom. The van der Waals surface area contributed by atoms with E-state index >= 15 is 0 Å². The van der Waals surface area contributed by atoms with Gasteiger partial charge in [-0.25, -0.2) is 0 Å². The van der Waals surface area contributed by atoms with Crippen molar-refractivity contribution >= 4 is 5.78 Å². The average Bonchev–Trinajstić information content (AvgIpc) is 3.06. The molecule has 170 valence electrons. The highest BCUT2D eigenvalue weighted by Gasteiger charge is 2.61. The first kappa shape index (κ1) is 22.5. The molecule has 0 aromatic heterocycles. The molecule has 3 nitrogen and oxygen atoms in total. The molecule has 3 saturated carbocycles. The van der Waals surface area contributed by atoms with Gasteiger partial charge in [0.15, 0.2) is 5.78 Å². The highest BCUT2D eigenvalue weighted by molar-refractivity contribution is 5.94. The summed E-state index contributed by atoms with van der Waals surface area (Å²) in [4.78, 5) is 13.4. The number of carbonyl (C=O) groups excluding carboxylic acids is 1. The van der Waals surface area contributed by atoms with Crippen LogP contribution in [0.1, 0.15) is 91.9 Å². The molecule has 0 aromatic rings. The number of carbonyl (C=O) groups is 1. The van der Waals surface area contributed by atoms with E-state index in [-0.39, 0.29) is 17.4 Å². The molecule has 30 heavy (non-hydrogen) atoms. The van der Waals surface area contributed by atoms with E-state index in [9.17, 15) is 15.0 Å². The van der Waals surface area contributed by atoms with Gasteiger partial charge in [-0.2, -0.15) is 0 Å². The molecule has 0 bridgehead atoms. The lowest BCUT2D eigenvalue weighted by molar-refractivity contribution is -0.135. The van der Waals surface area contributed by atoms with Gasteiger partial charge in [0, 0.05) is 12.5 Å². The molecular formula is C27H44O3. The van der Waals surface area contributed by atoms with Crippen molar-refractivity contribution in [1.29, 1.82) is 0 Å². The van der Waals surface area contributed by atoms with Crippen LogP contribution >= 0.6 is 0 Å². The van der Waals surface area contributed by atoms with Gasteiger partial charge in [0.2, 0.25) is 0 Å². The van der Waals surface area contributed by atoms with E-state index in [4.69, 9.17) is 0 Å². The predicted molar refractivity (Wildman–Crippen MR) is 121 cm³/mol. The highest BCUT2D eigenvalue weighted by Crippen LogP contribution is 2.66. The first-order chi connectivity index (χ1) is 14.2. The summed E-state index contributed by atoms with van der Waals surface area (Å²) in [5.74, 6) is 3.45. The summed E-state index contributed by atoms with van der Waals surface area (Å²) in [6.07, 6.45) is 12.9. The van der Waals surface area contributed by atoms with Crippen molar-refractivity contribution in [3.63, 3.8) is 0 Å². The summed E-state index contributed by atoms with van der Waals surface area (Å²) in [6, 6.07) is 0. The molecule has 0 radical (unpaired) electrons. The van der Waals surface area contributed by atoms with Crippen LogP contribution in [0.25, 0.3) is 0 Å². The summed E-state index contributed by atoms with van der Waals surface area (Å²) < 4.78 is 0. The van der Waals surface area contributed by atoms with Gasteiger partial charge in [-0.1, -0.05) is 46.1 Å². The number of aliphatic hydroxyl groups is 2. The van der Waals surface area contributed by atoms with E-state index in [2.05, 4.69) is 27.7 Å². The molecule has 3 fully saturated rings. The third kappa shape index (κ3) is 3.62. The maximum atomic E-state index is 13.4. The number of allylic oxidation sites excluding steroid dienone is 1. The standard InChI is InChI=1S/C27H44O3/c1-17(16-28)6-5-7-18(2)21-8-9-22-25-23(11-13-27(21,22)4)26(3)12-10-20(29)14-19(26)15-24(25)30/h15,17-18,20-23,25,28-29H,5-14,16H2,1-4H3/t17?,18-,20?,21-,22+,23+,25+,26+,27-/m1/s1. The number of rotatable bonds is 6. The first-order valence-corrected chi connectivity index (χ1v) is 12.7. The molecule has 0 spiro atoms. The van der Waals surface area contributed by atoms with Crippen LogP contribution in [0.15, 0.2) is 11.6 Å². The quantitative estimate of drug-likeness (QED) is 0.598. The van der Waals surface area contributed by atoms with Crippen molar-refractivity contribution in [3.05, 3.63) is 11.6 Å². The summed E-state index contributed by atoms with van der Waals surface area (Å²) in [5.41, 5.74) is 1.68. The van der Waals surface area contributed by atoms with Gasteiger partial charge in [-0.15, -0.1) is 0 Å². The Morgan fingerprint density at radius 3 is 2.57 bits per heavy atom. The van der Waals surface area contributed by atoms with Crippen LogP contribution in [0.2, 0.25) is 0 Å². The Morgan fingerprint density at radius 2 is 1.83 bits per heavy atom. The van der Waals surface area contributed by atoms with Crippen LogP contribution in [-0.4, -0.2) is 28.7 Å². The number of hydrogen-bond acceptors (Lipinski definition) is 3. The SMILES string of the molecule is CC(CO)CCC[C@@H](C)[C@H]1CC[C@H]2[C@@H]3C(=O)C=C4CC(O)CC[C@]4(C)[C@H]3CC[C@]12C. The fraction of sp³-hybridized carbons (Fsp3) is 0.889. The maximum Gasteiger partial charge on any atom is 0.159 e. The Balaban J connectivity index is 1.51. The van der Waals surface area contributed by atoms with Crippen LogP contribution in [0.3, 0.4) is 0 Å². The maximum absolute atomic E-state index is 13.4. The molecule has 2 N–H and O–H groups in total. The van der Waals surface area contributed by atoms with Gasteiger partial charge < -0.3 is 10.2 Å². The van der Waals surface area contributed by atoms with E-state index in [0.29, 0.717) is 47.9 Å². The third-order valence-corrected chi connectivity index (χ3v) is 10.3. The third-order valence-electron chi connectivity index (χ3n) is 10.3. The smallest absolute Gasteiger partial charge is 0.159 e. The van der Waals surface area contributed by atoms with Crippen molar-refractivity contribution < 1.29 is 15.0 Å². The second-order valence-corrected chi connectivity index (χ2v) is 12.0. The van der Waals surface area contributed by atoms with Crippen molar-refractivity contribution in [2.45, 2.75) is 98.0 Å². The molecule has 4 aliphatic rings. The van der Waals surface area contributed by atoms with Gasteiger partial charge >= 0.3 is 0 Å². The zero-order valence-electron chi connectivity index (χ0n) is 19.7. The second kappa shape index (κ2) is 8.35. The molecule has 0 heterocycles. The minimum atomic E-state index is -0.257. The minimum absolute atomic E-state index is 0.128. The number of hydrogen-bond donors (Lipinski definition) is 2. The number of aliphatic hydroxyl groups excluding tert-OH is 2. The molecule has 9 atom stereocenters. The van der Waals surface area contributed by atoms with E-state index in [1.807, 2.05) is 6.08 Å². The highest BCUT2D eigenvalue weighted by atomic mass is 16.3. The van der Waals surface area contributed by atoms with E-state index in [1.165, 1.54) is 44.1 Å². The topological polar surface area (TPSA) is 57.5 Å². The van der Waals surface area contributed by atoms with Gasteiger partial charge in [0.1, 0.15) is 0 Å². The summed E-state index contributed by atoms with van der Waals surface area (Å²) in [7, 11) is 0. The van der Waals surface area contributed by atoms with E-state index < -0.39 is 0 Å². The molecular weight excluding hydrogens is 372 g/mol.